The van der Waals surface area contributed by atoms with Gasteiger partial charge in [-0.2, -0.15) is 11.8 Å². The Bertz CT molecular complexity index is 1090. The zero-order valence-electron chi connectivity index (χ0n) is 17.8. The summed E-state index contributed by atoms with van der Waals surface area (Å²) in [6.07, 6.45) is 2.41. The number of anilines is 1. The molecule has 0 saturated carbocycles. The van der Waals surface area contributed by atoms with Gasteiger partial charge in [0.15, 0.2) is 0 Å². The lowest BCUT2D eigenvalue weighted by molar-refractivity contribution is -0.119. The van der Waals surface area contributed by atoms with Crippen LogP contribution in [-0.4, -0.2) is 40.3 Å². The van der Waals surface area contributed by atoms with Crippen LogP contribution >= 0.6 is 11.8 Å². The van der Waals surface area contributed by atoms with Crippen molar-refractivity contribution in [3.8, 4) is 5.75 Å². The lowest BCUT2D eigenvalue weighted by Crippen LogP contribution is -2.41. The zero-order chi connectivity index (χ0) is 22.8. The fourth-order valence-electron chi connectivity index (χ4n) is 2.96. The number of ether oxygens (including phenoxy) is 1. The number of rotatable bonds is 12. The van der Waals surface area contributed by atoms with Gasteiger partial charge in [0.05, 0.1) is 29.7 Å². The number of carbonyl (C=O) groups is 1. The van der Waals surface area contributed by atoms with E-state index in [1.54, 1.807) is 60.5 Å². The topological polar surface area (TPSA) is 88.8 Å². The highest BCUT2D eigenvalue weighted by Crippen LogP contribution is 2.26. The van der Waals surface area contributed by atoms with Gasteiger partial charge in [-0.15, -0.1) is 0 Å². The Morgan fingerprint density at radius 2 is 1.91 bits per heavy atom. The van der Waals surface area contributed by atoms with Crippen molar-refractivity contribution in [1.82, 2.24) is 5.32 Å². The number of hydrogen-bond acceptors (Lipinski definition) is 6. The second-order valence-electron chi connectivity index (χ2n) is 6.86. The van der Waals surface area contributed by atoms with Gasteiger partial charge in [-0.25, -0.2) is 8.42 Å². The molecule has 0 atom stereocenters. The van der Waals surface area contributed by atoms with Gasteiger partial charge < -0.3 is 14.5 Å². The normalized spacial score (nSPS) is 11.2. The van der Waals surface area contributed by atoms with E-state index in [4.69, 9.17) is 9.15 Å². The van der Waals surface area contributed by atoms with E-state index in [0.29, 0.717) is 18.0 Å². The van der Waals surface area contributed by atoms with Crippen LogP contribution in [0.15, 0.2) is 82.3 Å². The summed E-state index contributed by atoms with van der Waals surface area (Å²) in [5.74, 6) is 2.68. The minimum atomic E-state index is -3.94. The average Bonchev–Trinajstić information content (AvgIpc) is 3.34. The maximum atomic E-state index is 13.3. The van der Waals surface area contributed by atoms with E-state index in [1.165, 1.54) is 19.2 Å². The molecule has 32 heavy (non-hydrogen) atoms. The molecule has 0 aliphatic heterocycles. The summed E-state index contributed by atoms with van der Waals surface area (Å²) in [5.41, 5.74) is 0.359. The Hall–Kier alpha value is -2.91. The van der Waals surface area contributed by atoms with Crippen LogP contribution in [0, 0.1) is 0 Å². The maximum Gasteiger partial charge on any atom is 0.264 e. The van der Waals surface area contributed by atoms with Crippen molar-refractivity contribution in [1.29, 1.82) is 0 Å². The number of sulfonamides is 1. The molecule has 0 saturated heterocycles. The first-order valence-electron chi connectivity index (χ1n) is 10.1. The number of furan rings is 1. The quantitative estimate of drug-likeness (QED) is 0.400. The molecule has 0 bridgehead atoms. The summed E-state index contributed by atoms with van der Waals surface area (Å²) in [4.78, 5) is 12.7. The number of benzene rings is 2. The highest BCUT2D eigenvalue weighted by atomic mass is 32.2. The zero-order valence-corrected chi connectivity index (χ0v) is 19.4. The average molecular weight is 475 g/mol. The first-order valence-corrected chi connectivity index (χ1v) is 12.7. The third kappa shape index (κ3) is 6.54. The number of nitrogens with zero attached hydrogens (tertiary/aromatic N) is 1. The summed E-state index contributed by atoms with van der Waals surface area (Å²) in [6, 6.07) is 18.5. The Morgan fingerprint density at radius 3 is 2.62 bits per heavy atom. The molecule has 0 aliphatic carbocycles. The summed E-state index contributed by atoms with van der Waals surface area (Å²) < 4.78 is 38.2. The second kappa shape index (κ2) is 11.6. The second-order valence-corrected chi connectivity index (χ2v) is 9.83. The molecule has 9 heteroatoms. The largest absolute Gasteiger partial charge is 0.497 e. The molecule has 170 valence electrons. The molecule has 0 fully saturated rings. The van der Waals surface area contributed by atoms with Crippen LogP contribution in [0.4, 0.5) is 5.69 Å². The van der Waals surface area contributed by atoms with Gasteiger partial charge in [0.1, 0.15) is 18.1 Å². The minimum absolute atomic E-state index is 0.116. The van der Waals surface area contributed by atoms with E-state index in [0.717, 1.165) is 28.0 Å². The van der Waals surface area contributed by atoms with Crippen molar-refractivity contribution >= 4 is 33.4 Å². The molecular weight excluding hydrogens is 448 g/mol. The Balaban J connectivity index is 1.62. The first-order chi connectivity index (χ1) is 15.5. The molecule has 3 rings (SSSR count). The van der Waals surface area contributed by atoms with E-state index in [-0.39, 0.29) is 17.3 Å². The van der Waals surface area contributed by atoms with Crippen LogP contribution in [0.2, 0.25) is 0 Å². The van der Waals surface area contributed by atoms with Gasteiger partial charge in [0, 0.05) is 12.6 Å². The number of amides is 1. The van der Waals surface area contributed by atoms with Crippen molar-refractivity contribution in [2.75, 3.05) is 30.3 Å². The van der Waals surface area contributed by atoms with Gasteiger partial charge in [0.25, 0.3) is 10.0 Å². The smallest absolute Gasteiger partial charge is 0.264 e. The molecule has 1 amide bonds. The predicted molar refractivity (Wildman–Crippen MR) is 126 cm³/mol. The van der Waals surface area contributed by atoms with Crippen molar-refractivity contribution in [2.45, 2.75) is 17.1 Å². The number of methoxy groups -OCH3 is 1. The number of thioether (sulfide) groups is 1. The lowest BCUT2D eigenvalue weighted by Gasteiger charge is -2.24. The molecule has 3 aromatic rings. The fourth-order valence-corrected chi connectivity index (χ4v) is 5.25. The van der Waals surface area contributed by atoms with Crippen LogP contribution < -0.4 is 14.4 Å². The highest BCUT2D eigenvalue weighted by molar-refractivity contribution is 7.98. The molecule has 1 N–H and O–H groups in total. The van der Waals surface area contributed by atoms with Gasteiger partial charge in [-0.1, -0.05) is 24.3 Å². The molecule has 2 aromatic carbocycles. The van der Waals surface area contributed by atoms with Gasteiger partial charge >= 0.3 is 0 Å². The van der Waals surface area contributed by atoms with Gasteiger partial charge in [-0.3, -0.25) is 9.10 Å². The van der Waals surface area contributed by atoms with Crippen LogP contribution in [0.3, 0.4) is 0 Å². The van der Waals surface area contributed by atoms with E-state index in [2.05, 4.69) is 5.32 Å². The Kier molecular flexibility index (Phi) is 8.64. The van der Waals surface area contributed by atoms with E-state index in [1.807, 2.05) is 12.1 Å². The number of hydrogen-bond donors (Lipinski definition) is 1. The molecule has 1 aromatic heterocycles. The van der Waals surface area contributed by atoms with Crippen LogP contribution in [0.25, 0.3) is 0 Å². The van der Waals surface area contributed by atoms with Crippen molar-refractivity contribution in [3.05, 3.63) is 78.8 Å². The van der Waals surface area contributed by atoms with Gasteiger partial charge in [-0.05, 0) is 48.6 Å². The van der Waals surface area contributed by atoms with Crippen molar-refractivity contribution in [2.24, 2.45) is 0 Å². The van der Waals surface area contributed by atoms with Gasteiger partial charge in [0.2, 0.25) is 5.91 Å². The Morgan fingerprint density at radius 1 is 1.09 bits per heavy atom. The standard InChI is InChI=1S/C23H26N2O5S2/c1-29-20-9-5-8-19(16-20)25(32(27,28)22-11-3-2-4-12-22)17-23(26)24-13-7-15-31-18-21-10-6-14-30-21/h2-6,8-12,14,16H,7,13,15,17-18H2,1H3,(H,24,26). The highest BCUT2D eigenvalue weighted by Gasteiger charge is 2.27. The molecule has 0 aliphatic rings. The number of nitrogens with one attached hydrogen (secondary N) is 1. The maximum absolute atomic E-state index is 13.3. The Labute approximate surface area is 192 Å². The van der Waals surface area contributed by atoms with Crippen LogP contribution in [0.5, 0.6) is 5.75 Å². The fraction of sp³-hybridized carbons (Fsp3) is 0.261. The minimum Gasteiger partial charge on any atom is -0.497 e. The lowest BCUT2D eigenvalue weighted by atomic mass is 10.3. The summed E-state index contributed by atoms with van der Waals surface area (Å²) in [7, 11) is -2.43. The predicted octanol–water partition coefficient (Wildman–Crippen LogP) is 3.92. The van der Waals surface area contributed by atoms with Crippen LogP contribution in [-0.2, 0) is 20.6 Å². The van der Waals surface area contributed by atoms with Crippen molar-refractivity contribution < 1.29 is 22.4 Å². The molecule has 0 unspecified atom stereocenters. The third-order valence-electron chi connectivity index (χ3n) is 4.57. The first kappa shape index (κ1) is 23.7. The molecule has 7 nitrogen and oxygen atoms in total. The van der Waals surface area contributed by atoms with E-state index < -0.39 is 10.0 Å². The summed E-state index contributed by atoms with van der Waals surface area (Å²) >= 11 is 1.71. The van der Waals surface area contributed by atoms with E-state index in [9.17, 15) is 13.2 Å². The summed E-state index contributed by atoms with van der Waals surface area (Å²) in [6.45, 7) is 0.130. The number of carbonyl (C=O) groups excluding carboxylic acids is 1. The molecule has 1 heterocycles. The van der Waals surface area contributed by atoms with Crippen LogP contribution in [0.1, 0.15) is 12.2 Å². The molecular formula is C23H26N2O5S2. The molecule has 0 radical (unpaired) electrons. The molecule has 0 spiro atoms. The summed E-state index contributed by atoms with van der Waals surface area (Å²) in [5, 5.41) is 2.82. The van der Waals surface area contributed by atoms with Crippen molar-refractivity contribution in [3.63, 3.8) is 0 Å². The third-order valence-corrected chi connectivity index (χ3v) is 7.43. The van der Waals surface area contributed by atoms with E-state index >= 15 is 0 Å². The monoisotopic (exact) mass is 474 g/mol. The SMILES string of the molecule is COc1cccc(N(CC(=O)NCCCSCc2ccco2)S(=O)(=O)c2ccccc2)c1.